The molecule has 0 aromatic carbocycles. The summed E-state index contributed by atoms with van der Waals surface area (Å²) in [6, 6.07) is 0.263. The quantitative estimate of drug-likeness (QED) is 0.623. The minimum absolute atomic E-state index is 0.000741. The molecule has 0 aliphatic heterocycles. The number of carbonyl (C=O) groups is 1. The molecule has 0 aromatic heterocycles. The van der Waals surface area contributed by atoms with Gasteiger partial charge >= 0.3 is 5.97 Å². The molecule has 0 heterocycles. The maximum atomic E-state index is 10.4. The summed E-state index contributed by atoms with van der Waals surface area (Å²) >= 11 is 0. The number of ether oxygens (including phenoxy) is 1. The van der Waals surface area contributed by atoms with Gasteiger partial charge in [-0.2, -0.15) is 0 Å². The van der Waals surface area contributed by atoms with Crippen LogP contribution in [0.1, 0.15) is 33.1 Å². The Morgan fingerprint density at radius 2 is 2.21 bits per heavy atom. The van der Waals surface area contributed by atoms with Gasteiger partial charge in [0, 0.05) is 19.2 Å². The highest BCUT2D eigenvalue weighted by atomic mass is 16.5. The summed E-state index contributed by atoms with van der Waals surface area (Å²) in [6.45, 7) is 4.62. The van der Waals surface area contributed by atoms with Crippen molar-refractivity contribution in [2.24, 2.45) is 0 Å². The third-order valence-electron chi connectivity index (χ3n) is 2.01. The van der Waals surface area contributed by atoms with Crippen LogP contribution in [-0.2, 0) is 9.53 Å². The molecule has 0 radical (unpaired) electrons. The first-order chi connectivity index (χ1) is 6.60. The summed E-state index contributed by atoms with van der Waals surface area (Å²) in [5, 5.41) is 11.8. The molecule has 0 fully saturated rings. The summed E-state index contributed by atoms with van der Waals surface area (Å²) < 4.78 is 5.05. The molecular weight excluding hydrogens is 182 g/mol. The summed E-state index contributed by atoms with van der Waals surface area (Å²) in [5.41, 5.74) is 0. The van der Waals surface area contributed by atoms with E-state index in [0.29, 0.717) is 6.61 Å². The predicted molar refractivity (Wildman–Crippen MR) is 55.4 cm³/mol. The molecule has 0 aliphatic carbocycles. The lowest BCUT2D eigenvalue weighted by atomic mass is 10.1. The second-order valence-electron chi connectivity index (χ2n) is 3.61. The van der Waals surface area contributed by atoms with Crippen LogP contribution in [0.4, 0.5) is 0 Å². The van der Waals surface area contributed by atoms with Gasteiger partial charge in [-0.15, -0.1) is 0 Å². The third-order valence-corrected chi connectivity index (χ3v) is 2.01. The van der Waals surface area contributed by atoms with Crippen molar-refractivity contribution < 1.29 is 14.6 Å². The minimum Gasteiger partial charge on any atom is -0.481 e. The number of aliphatic carboxylic acids is 1. The molecule has 4 nitrogen and oxygen atoms in total. The molecule has 84 valence electrons. The van der Waals surface area contributed by atoms with Gasteiger partial charge in [0.05, 0.1) is 13.0 Å². The van der Waals surface area contributed by atoms with Crippen LogP contribution in [0.2, 0.25) is 0 Å². The van der Waals surface area contributed by atoms with Crippen molar-refractivity contribution in [3.05, 3.63) is 0 Å². The van der Waals surface area contributed by atoms with Gasteiger partial charge in [0.15, 0.2) is 0 Å². The first-order valence-corrected chi connectivity index (χ1v) is 5.06. The largest absolute Gasteiger partial charge is 0.481 e. The van der Waals surface area contributed by atoms with E-state index in [9.17, 15) is 4.79 Å². The first-order valence-electron chi connectivity index (χ1n) is 5.06. The predicted octanol–water partition coefficient (Wildman–Crippen LogP) is 1.25. The lowest BCUT2D eigenvalue weighted by Gasteiger charge is -2.21. The van der Waals surface area contributed by atoms with E-state index in [2.05, 4.69) is 12.2 Å². The fourth-order valence-corrected chi connectivity index (χ4v) is 1.49. The van der Waals surface area contributed by atoms with Gasteiger partial charge < -0.3 is 15.2 Å². The Kier molecular flexibility index (Phi) is 7.42. The number of rotatable bonds is 8. The van der Waals surface area contributed by atoms with Crippen LogP contribution < -0.4 is 5.32 Å². The smallest absolute Gasteiger partial charge is 0.304 e. The van der Waals surface area contributed by atoms with Crippen molar-refractivity contribution in [1.82, 2.24) is 5.32 Å². The van der Waals surface area contributed by atoms with Crippen LogP contribution >= 0.6 is 0 Å². The first kappa shape index (κ1) is 13.4. The van der Waals surface area contributed by atoms with Gasteiger partial charge in [-0.3, -0.25) is 4.79 Å². The Labute approximate surface area is 85.6 Å². The number of hydrogen-bond acceptors (Lipinski definition) is 3. The molecule has 2 unspecified atom stereocenters. The summed E-state index contributed by atoms with van der Waals surface area (Å²) in [5.74, 6) is -0.766. The monoisotopic (exact) mass is 203 g/mol. The van der Waals surface area contributed by atoms with E-state index < -0.39 is 5.97 Å². The highest BCUT2D eigenvalue weighted by Crippen LogP contribution is 2.01. The Morgan fingerprint density at radius 1 is 1.57 bits per heavy atom. The molecule has 2 atom stereocenters. The van der Waals surface area contributed by atoms with Gasteiger partial charge in [0.2, 0.25) is 0 Å². The van der Waals surface area contributed by atoms with E-state index in [1.807, 2.05) is 6.92 Å². The van der Waals surface area contributed by atoms with E-state index >= 15 is 0 Å². The second-order valence-corrected chi connectivity index (χ2v) is 3.61. The number of hydrogen-bond donors (Lipinski definition) is 2. The van der Waals surface area contributed by atoms with Crippen LogP contribution in [0, 0.1) is 0 Å². The topological polar surface area (TPSA) is 58.6 Å². The van der Waals surface area contributed by atoms with Crippen LogP contribution in [-0.4, -0.2) is 36.9 Å². The van der Waals surface area contributed by atoms with Gasteiger partial charge in [0.25, 0.3) is 0 Å². The Morgan fingerprint density at radius 3 is 2.64 bits per heavy atom. The van der Waals surface area contributed by atoms with Crippen LogP contribution in [0.5, 0.6) is 0 Å². The third kappa shape index (κ3) is 6.86. The van der Waals surface area contributed by atoms with Crippen molar-refractivity contribution >= 4 is 5.97 Å². The lowest BCUT2D eigenvalue weighted by molar-refractivity contribution is -0.137. The highest BCUT2D eigenvalue weighted by molar-refractivity contribution is 5.67. The number of nitrogens with one attached hydrogen (secondary N) is 1. The molecule has 0 spiro atoms. The molecule has 2 N–H and O–H groups in total. The zero-order valence-electron chi connectivity index (χ0n) is 9.25. The normalized spacial score (nSPS) is 15.1. The molecular formula is C10H21NO3. The van der Waals surface area contributed by atoms with E-state index in [0.717, 1.165) is 12.8 Å². The molecule has 0 aliphatic rings. The molecule has 0 amide bonds. The number of carboxylic acids is 1. The number of methoxy groups -OCH3 is 1. The van der Waals surface area contributed by atoms with Crippen molar-refractivity contribution in [3.63, 3.8) is 0 Å². The molecule has 0 saturated carbocycles. The van der Waals surface area contributed by atoms with Crippen molar-refractivity contribution in [3.8, 4) is 0 Å². The van der Waals surface area contributed by atoms with E-state index in [4.69, 9.17) is 9.84 Å². The molecule has 0 saturated heterocycles. The lowest BCUT2D eigenvalue weighted by Crippen LogP contribution is -2.40. The highest BCUT2D eigenvalue weighted by Gasteiger charge is 2.13. The fraction of sp³-hybridized carbons (Fsp3) is 0.900. The average Bonchev–Trinajstić information content (AvgIpc) is 2.03. The minimum atomic E-state index is -0.766. The van der Waals surface area contributed by atoms with Crippen molar-refractivity contribution in [1.29, 1.82) is 0 Å². The van der Waals surface area contributed by atoms with E-state index in [1.54, 1.807) is 7.11 Å². The zero-order valence-corrected chi connectivity index (χ0v) is 9.25. The van der Waals surface area contributed by atoms with E-state index in [1.165, 1.54) is 0 Å². The van der Waals surface area contributed by atoms with Crippen molar-refractivity contribution in [2.75, 3.05) is 13.7 Å². The standard InChI is InChI=1S/C10H21NO3/c1-4-5-9(7-14-3)11-8(2)6-10(12)13/h8-9,11H,4-7H2,1-3H3,(H,12,13). The van der Waals surface area contributed by atoms with Gasteiger partial charge in [0.1, 0.15) is 0 Å². The van der Waals surface area contributed by atoms with Gasteiger partial charge in [-0.25, -0.2) is 0 Å². The van der Waals surface area contributed by atoms with Crippen LogP contribution in [0.3, 0.4) is 0 Å². The van der Waals surface area contributed by atoms with Crippen LogP contribution in [0.15, 0.2) is 0 Å². The molecule has 4 heteroatoms. The van der Waals surface area contributed by atoms with E-state index in [-0.39, 0.29) is 18.5 Å². The van der Waals surface area contributed by atoms with Gasteiger partial charge in [-0.1, -0.05) is 13.3 Å². The maximum absolute atomic E-state index is 10.4. The molecule has 0 aromatic rings. The Bertz CT molecular complexity index is 155. The molecule has 14 heavy (non-hydrogen) atoms. The number of carboxylic acid groups (broad SMARTS) is 1. The summed E-state index contributed by atoms with van der Waals surface area (Å²) in [4.78, 5) is 10.4. The van der Waals surface area contributed by atoms with Crippen molar-refractivity contribution in [2.45, 2.75) is 45.2 Å². The zero-order chi connectivity index (χ0) is 11.0. The van der Waals surface area contributed by atoms with Gasteiger partial charge in [-0.05, 0) is 13.3 Å². The Balaban J connectivity index is 3.81. The Hall–Kier alpha value is -0.610. The summed E-state index contributed by atoms with van der Waals surface area (Å²) in [6.07, 6.45) is 2.24. The fourth-order valence-electron chi connectivity index (χ4n) is 1.49. The molecule has 0 rings (SSSR count). The average molecular weight is 203 g/mol. The van der Waals surface area contributed by atoms with Crippen LogP contribution in [0.25, 0.3) is 0 Å². The maximum Gasteiger partial charge on any atom is 0.304 e. The second kappa shape index (κ2) is 7.76. The molecule has 0 bridgehead atoms. The SMILES string of the molecule is CCCC(COC)NC(C)CC(=O)O. The summed E-state index contributed by atoms with van der Waals surface area (Å²) in [7, 11) is 1.66.